The van der Waals surface area contributed by atoms with Crippen LogP contribution in [0.25, 0.3) is 33.1 Å². The highest BCUT2D eigenvalue weighted by Crippen LogP contribution is 2.39. The van der Waals surface area contributed by atoms with E-state index in [4.69, 9.17) is 4.74 Å². The van der Waals surface area contributed by atoms with Gasteiger partial charge in [0, 0.05) is 17.5 Å². The number of benzene rings is 2. The van der Waals surface area contributed by atoms with Crippen LogP contribution in [0, 0.1) is 29.9 Å². The molecule has 1 aliphatic heterocycles. The van der Waals surface area contributed by atoms with E-state index in [0.29, 0.717) is 57.5 Å². The molecule has 1 saturated heterocycles. The normalized spacial score (nSPS) is 17.8. The maximum atomic E-state index is 16.2. The van der Waals surface area contributed by atoms with Crippen molar-refractivity contribution in [3.63, 3.8) is 0 Å². The smallest absolute Gasteiger partial charge is 0.410 e. The van der Waals surface area contributed by atoms with Crippen LogP contribution in [0.5, 0.6) is 0 Å². The van der Waals surface area contributed by atoms with Gasteiger partial charge in [0.05, 0.1) is 24.6 Å². The van der Waals surface area contributed by atoms with Crippen LogP contribution in [-0.2, 0) is 4.74 Å². The van der Waals surface area contributed by atoms with Gasteiger partial charge in [-0.25, -0.2) is 23.2 Å². The fraction of sp³-hybridized carbons (Fsp3) is 0.414. The van der Waals surface area contributed by atoms with Gasteiger partial charge in [-0.1, -0.05) is 17.3 Å². The van der Waals surface area contributed by atoms with E-state index >= 15 is 4.39 Å². The van der Waals surface area contributed by atoms with Crippen LogP contribution in [0.2, 0.25) is 0 Å². The first-order valence-electron chi connectivity index (χ1n) is 13.1. The molecule has 40 heavy (non-hydrogen) atoms. The lowest BCUT2D eigenvalue weighted by Crippen LogP contribution is -2.48. The van der Waals surface area contributed by atoms with E-state index in [1.807, 2.05) is 40.0 Å². The molecule has 0 saturated carbocycles. The van der Waals surface area contributed by atoms with Crippen LogP contribution < -0.4 is 0 Å². The van der Waals surface area contributed by atoms with Crippen LogP contribution in [0.3, 0.4) is 0 Å². The van der Waals surface area contributed by atoms with Gasteiger partial charge >= 0.3 is 6.09 Å². The van der Waals surface area contributed by atoms with Gasteiger partial charge in [-0.15, -0.1) is 16.9 Å². The van der Waals surface area contributed by atoms with Crippen LogP contribution in [0.15, 0.2) is 35.4 Å². The largest absolute Gasteiger partial charge is 0.444 e. The summed E-state index contributed by atoms with van der Waals surface area (Å²) in [5, 5.41) is 19.5. The van der Waals surface area contributed by atoms with Crippen molar-refractivity contribution in [3.05, 3.63) is 47.5 Å². The fourth-order valence-corrected chi connectivity index (χ4v) is 5.89. The number of aromatic nitrogens is 4. The number of nitriles is 1. The highest BCUT2D eigenvalue weighted by molar-refractivity contribution is 7.98. The summed E-state index contributed by atoms with van der Waals surface area (Å²) in [6, 6.07) is 9.25. The van der Waals surface area contributed by atoms with Gasteiger partial charge in [-0.05, 0) is 76.1 Å². The molecule has 0 unspecified atom stereocenters. The molecule has 2 atom stereocenters. The number of likely N-dealkylation sites (tertiary alicyclic amines) is 1. The number of piperidine rings is 1. The molecule has 0 radical (unpaired) electrons. The van der Waals surface area contributed by atoms with E-state index in [-0.39, 0.29) is 24.0 Å². The molecule has 208 valence electrons. The van der Waals surface area contributed by atoms with Crippen LogP contribution in [-0.4, -0.2) is 55.4 Å². The van der Waals surface area contributed by atoms with Gasteiger partial charge in [-0.2, -0.15) is 5.26 Å². The predicted octanol–water partition coefficient (Wildman–Crippen LogP) is 6.81. The Hall–Kier alpha value is -3.78. The molecule has 8 nitrogen and oxygen atoms in total. The third kappa shape index (κ3) is 5.08. The first-order valence-corrected chi connectivity index (χ1v) is 14.3. The third-order valence-electron chi connectivity index (χ3n) is 7.12. The topological polar surface area (TPSA) is 96.9 Å². The number of nitrogens with zero attached hydrogens (tertiary/aromatic N) is 6. The predicted molar refractivity (Wildman–Crippen MR) is 150 cm³/mol. The number of rotatable bonds is 4. The summed E-state index contributed by atoms with van der Waals surface area (Å²) in [6.07, 6.45) is 2.59. The van der Waals surface area contributed by atoms with Gasteiger partial charge < -0.3 is 9.64 Å². The molecule has 0 bridgehead atoms. The van der Waals surface area contributed by atoms with E-state index in [1.165, 1.54) is 23.9 Å². The molecule has 2 aromatic carbocycles. The number of hydrogen-bond donors (Lipinski definition) is 0. The quantitative estimate of drug-likeness (QED) is 0.251. The molecular weight excluding hydrogens is 534 g/mol. The number of aryl methyl sites for hydroxylation is 1. The summed E-state index contributed by atoms with van der Waals surface area (Å²) in [7, 11) is 0. The zero-order valence-corrected chi connectivity index (χ0v) is 23.9. The Morgan fingerprint density at radius 2 is 1.95 bits per heavy atom. The zero-order chi connectivity index (χ0) is 28.8. The Balaban J connectivity index is 1.61. The minimum Gasteiger partial charge on any atom is -0.444 e. The minimum atomic E-state index is -0.651. The number of fused-ring (bicyclic) bond motifs is 3. The van der Waals surface area contributed by atoms with Crippen LogP contribution >= 0.6 is 11.8 Å². The average molecular weight is 565 g/mol. The molecular formula is C29H30F2N6O2S. The Kier molecular flexibility index (Phi) is 7.40. The number of thioether (sulfide) groups is 1. The number of ether oxygens (including phenoxy) is 1. The second-order valence-electron chi connectivity index (χ2n) is 11.0. The molecule has 1 amide bonds. The van der Waals surface area contributed by atoms with Crippen molar-refractivity contribution in [2.24, 2.45) is 0 Å². The van der Waals surface area contributed by atoms with Crippen molar-refractivity contribution in [2.45, 2.75) is 69.7 Å². The first kappa shape index (κ1) is 27.8. The van der Waals surface area contributed by atoms with Crippen molar-refractivity contribution >= 4 is 39.8 Å². The lowest BCUT2D eigenvalue weighted by molar-refractivity contribution is 0.00557. The van der Waals surface area contributed by atoms with Gasteiger partial charge in [0.15, 0.2) is 5.82 Å². The van der Waals surface area contributed by atoms with Crippen molar-refractivity contribution in [1.29, 1.82) is 5.26 Å². The van der Waals surface area contributed by atoms with Crippen molar-refractivity contribution in [1.82, 2.24) is 24.9 Å². The fourth-order valence-electron chi connectivity index (χ4n) is 5.38. The molecule has 2 aromatic heterocycles. The van der Waals surface area contributed by atoms with E-state index in [1.54, 1.807) is 21.7 Å². The number of carbonyl (C=O) groups is 1. The molecule has 0 N–H and O–H groups in total. The minimum absolute atomic E-state index is 0.148. The van der Waals surface area contributed by atoms with Gasteiger partial charge in [0.25, 0.3) is 0 Å². The number of carbonyl (C=O) groups excluding carboxylic acids is 1. The Morgan fingerprint density at radius 1 is 1.23 bits per heavy atom. The monoisotopic (exact) mass is 564 g/mol. The molecule has 0 aliphatic carbocycles. The summed E-state index contributed by atoms with van der Waals surface area (Å²) in [5.74, 6) is -0.886. The van der Waals surface area contributed by atoms with E-state index in [0.717, 1.165) is 0 Å². The molecule has 5 rings (SSSR count). The van der Waals surface area contributed by atoms with Gasteiger partial charge in [0.2, 0.25) is 0 Å². The van der Waals surface area contributed by atoms with E-state index in [2.05, 4.69) is 21.4 Å². The maximum absolute atomic E-state index is 16.2. The highest BCUT2D eigenvalue weighted by atomic mass is 32.2. The summed E-state index contributed by atoms with van der Waals surface area (Å²) < 4.78 is 37.1. The Labute approximate surface area is 235 Å². The summed E-state index contributed by atoms with van der Waals surface area (Å²) in [4.78, 5) is 19.1. The lowest BCUT2D eigenvalue weighted by Gasteiger charge is -2.39. The maximum Gasteiger partial charge on any atom is 0.410 e. The molecule has 1 aliphatic rings. The average Bonchev–Trinajstić information content (AvgIpc) is 3.34. The van der Waals surface area contributed by atoms with Gasteiger partial charge in [-0.3, -0.25) is 0 Å². The number of hydrogen-bond acceptors (Lipinski definition) is 7. The summed E-state index contributed by atoms with van der Waals surface area (Å²) >= 11 is 1.35. The van der Waals surface area contributed by atoms with E-state index in [9.17, 15) is 14.4 Å². The molecule has 3 heterocycles. The third-order valence-corrected chi connectivity index (χ3v) is 7.79. The number of pyridine rings is 1. The van der Waals surface area contributed by atoms with Crippen LogP contribution in [0.1, 0.15) is 51.6 Å². The van der Waals surface area contributed by atoms with Crippen molar-refractivity contribution in [2.75, 3.05) is 12.8 Å². The molecule has 1 fully saturated rings. The summed E-state index contributed by atoms with van der Waals surface area (Å²) in [6.45, 7) is 7.62. The lowest BCUT2D eigenvalue weighted by atomic mass is 9.94. The molecule has 4 aromatic rings. The SMILES string of the molecule is CSc1nc2c(F)c(-c3ccc(F)cc3)c(C)cc2c2c1nnn2[C@H]1CCN(C(=O)OC(C)(C)C)[C@H](CC#N)C1. The van der Waals surface area contributed by atoms with Crippen LogP contribution in [0.4, 0.5) is 13.6 Å². The standard InChI is InChI=1S/C29H30F2N6O2S/c1-16-14-21-24(23(31)22(16)17-6-8-18(30)9-7-17)33-27(40-5)25-26(21)37(35-34-25)20-11-13-36(19(15-20)10-12-32)28(38)39-29(2,3)4/h6-9,14,19-20H,10-11,13,15H2,1-5H3/t19-,20+/m1/s1. The highest BCUT2D eigenvalue weighted by Gasteiger charge is 2.36. The number of amides is 1. The zero-order valence-electron chi connectivity index (χ0n) is 23.0. The van der Waals surface area contributed by atoms with Crippen molar-refractivity contribution < 1.29 is 18.3 Å². The Morgan fingerprint density at radius 3 is 2.60 bits per heavy atom. The Bertz CT molecular complexity index is 1640. The molecule has 11 heteroatoms. The first-order chi connectivity index (χ1) is 19.0. The van der Waals surface area contributed by atoms with E-state index < -0.39 is 23.3 Å². The molecule has 0 spiro atoms. The second-order valence-corrected chi connectivity index (χ2v) is 11.8. The van der Waals surface area contributed by atoms with Crippen molar-refractivity contribution in [3.8, 4) is 17.2 Å². The van der Waals surface area contributed by atoms with Gasteiger partial charge in [0.1, 0.15) is 33.0 Å². The number of halogens is 2. The summed E-state index contributed by atoms with van der Waals surface area (Å²) in [5.41, 5.74) is 2.36. The second kappa shape index (κ2) is 10.7.